The van der Waals surface area contributed by atoms with E-state index in [2.05, 4.69) is 19.6 Å². The van der Waals surface area contributed by atoms with Crippen LogP contribution in [0.25, 0.3) is 11.0 Å². The smallest absolute Gasteiger partial charge is 0.263 e. The number of furan rings is 1. The van der Waals surface area contributed by atoms with Gasteiger partial charge in [-0.15, -0.1) is 0 Å². The van der Waals surface area contributed by atoms with E-state index in [0.29, 0.717) is 37.5 Å². The number of ether oxygens (including phenoxy) is 1. The predicted octanol–water partition coefficient (Wildman–Crippen LogP) is 2.92. The van der Waals surface area contributed by atoms with Gasteiger partial charge < -0.3 is 19.0 Å². The lowest BCUT2D eigenvalue weighted by atomic mass is 10.1. The van der Waals surface area contributed by atoms with E-state index in [1.54, 1.807) is 37.6 Å². The van der Waals surface area contributed by atoms with Crippen LogP contribution in [0, 0.1) is 0 Å². The van der Waals surface area contributed by atoms with Gasteiger partial charge in [-0.2, -0.15) is 0 Å². The summed E-state index contributed by atoms with van der Waals surface area (Å²) >= 11 is 0. The van der Waals surface area contributed by atoms with Gasteiger partial charge in [-0.25, -0.2) is 18.4 Å². The van der Waals surface area contributed by atoms with Crippen molar-refractivity contribution in [2.75, 3.05) is 42.9 Å². The van der Waals surface area contributed by atoms with Crippen LogP contribution in [0.15, 0.2) is 76.6 Å². The van der Waals surface area contributed by atoms with Crippen LogP contribution in [0.1, 0.15) is 5.56 Å². The molecule has 5 rings (SSSR count). The highest BCUT2D eigenvalue weighted by Crippen LogP contribution is 2.27. The lowest BCUT2D eigenvalue weighted by Gasteiger charge is -2.36. The number of carbonyl (C=O) groups excluding carboxylic acids is 1. The Morgan fingerprint density at radius 3 is 2.56 bits per heavy atom. The van der Waals surface area contributed by atoms with Gasteiger partial charge in [0.15, 0.2) is 0 Å². The molecule has 4 aromatic rings. The van der Waals surface area contributed by atoms with Gasteiger partial charge in [-0.1, -0.05) is 0 Å². The lowest BCUT2D eigenvalue weighted by Crippen LogP contribution is -2.49. The number of piperazine rings is 1. The van der Waals surface area contributed by atoms with Crippen molar-refractivity contribution in [3.8, 4) is 5.75 Å². The summed E-state index contributed by atoms with van der Waals surface area (Å²) in [4.78, 5) is 24.7. The quantitative estimate of drug-likeness (QED) is 0.406. The van der Waals surface area contributed by atoms with Crippen LogP contribution in [0.4, 0.5) is 11.5 Å². The van der Waals surface area contributed by atoms with Crippen LogP contribution in [0.2, 0.25) is 0 Å². The molecule has 36 heavy (non-hydrogen) atoms. The molecule has 1 N–H and O–H groups in total. The maximum absolute atomic E-state index is 12.9. The molecule has 1 saturated heterocycles. The SMILES string of the molecule is COc1ccc2c(CC(=O)N3CCN(c4ccc(S(=O)(=O)Nc5ccncn5)cc4)CC3)coc2c1. The molecule has 0 spiro atoms. The summed E-state index contributed by atoms with van der Waals surface area (Å²) in [5.74, 6) is 0.960. The Labute approximate surface area is 208 Å². The summed E-state index contributed by atoms with van der Waals surface area (Å²) in [5.41, 5.74) is 2.45. The minimum atomic E-state index is -3.75. The molecule has 3 heterocycles. The number of fused-ring (bicyclic) bond motifs is 1. The largest absolute Gasteiger partial charge is 0.497 e. The van der Waals surface area contributed by atoms with Crippen LogP contribution in [0.3, 0.4) is 0 Å². The third-order valence-electron chi connectivity index (χ3n) is 6.17. The molecule has 11 heteroatoms. The molecule has 0 radical (unpaired) electrons. The van der Waals surface area contributed by atoms with Crippen molar-refractivity contribution in [1.82, 2.24) is 14.9 Å². The topological polar surface area (TPSA) is 118 Å². The van der Waals surface area contributed by atoms with E-state index in [9.17, 15) is 13.2 Å². The van der Waals surface area contributed by atoms with E-state index < -0.39 is 10.0 Å². The number of benzene rings is 2. The first-order chi connectivity index (χ1) is 17.4. The summed E-state index contributed by atoms with van der Waals surface area (Å²) in [7, 11) is -2.15. The number of methoxy groups -OCH3 is 1. The normalized spacial score (nSPS) is 14.1. The Morgan fingerprint density at radius 1 is 1.08 bits per heavy atom. The third kappa shape index (κ3) is 4.96. The van der Waals surface area contributed by atoms with Crippen molar-refractivity contribution in [2.24, 2.45) is 0 Å². The van der Waals surface area contributed by atoms with Crippen molar-refractivity contribution in [3.05, 3.63) is 72.9 Å². The van der Waals surface area contributed by atoms with E-state index in [1.807, 2.05) is 23.1 Å². The molecule has 2 aromatic carbocycles. The second kappa shape index (κ2) is 9.86. The molecule has 1 aliphatic rings. The van der Waals surface area contributed by atoms with Crippen molar-refractivity contribution in [1.29, 1.82) is 0 Å². The van der Waals surface area contributed by atoms with Gasteiger partial charge in [0.05, 0.1) is 24.7 Å². The number of aromatic nitrogens is 2. The van der Waals surface area contributed by atoms with Gasteiger partial charge in [0, 0.05) is 55.1 Å². The molecule has 186 valence electrons. The van der Waals surface area contributed by atoms with Gasteiger partial charge >= 0.3 is 0 Å². The third-order valence-corrected chi connectivity index (χ3v) is 7.54. The average molecular weight is 508 g/mol. The number of hydrogen-bond acceptors (Lipinski definition) is 8. The summed E-state index contributed by atoms with van der Waals surface area (Å²) in [6, 6.07) is 13.7. The molecular formula is C25H25N5O5S. The number of amides is 1. The molecule has 0 bridgehead atoms. The fourth-order valence-electron chi connectivity index (χ4n) is 4.20. The first-order valence-electron chi connectivity index (χ1n) is 11.4. The Kier molecular flexibility index (Phi) is 6.47. The van der Waals surface area contributed by atoms with Crippen LogP contribution in [-0.2, 0) is 21.2 Å². The lowest BCUT2D eigenvalue weighted by molar-refractivity contribution is -0.130. The maximum Gasteiger partial charge on any atom is 0.263 e. The summed E-state index contributed by atoms with van der Waals surface area (Å²) in [6.45, 7) is 2.47. The minimum Gasteiger partial charge on any atom is -0.497 e. The van der Waals surface area contributed by atoms with Crippen molar-refractivity contribution >= 4 is 38.4 Å². The molecule has 0 unspecified atom stereocenters. The van der Waals surface area contributed by atoms with E-state index in [-0.39, 0.29) is 23.0 Å². The molecular weight excluding hydrogens is 482 g/mol. The maximum atomic E-state index is 12.9. The number of nitrogens with zero attached hydrogens (tertiary/aromatic N) is 4. The van der Waals surface area contributed by atoms with Crippen LogP contribution in [-0.4, -0.2) is 62.5 Å². The van der Waals surface area contributed by atoms with Gasteiger partial charge in [0.2, 0.25) is 5.91 Å². The molecule has 1 fully saturated rings. The van der Waals surface area contributed by atoms with Gasteiger partial charge in [-0.05, 0) is 42.5 Å². The van der Waals surface area contributed by atoms with Gasteiger partial charge in [-0.3, -0.25) is 9.52 Å². The second-order valence-corrected chi connectivity index (χ2v) is 10.0. The molecule has 0 aliphatic carbocycles. The van der Waals surface area contributed by atoms with Gasteiger partial charge in [0.1, 0.15) is 23.5 Å². The standard InChI is InChI=1S/C25H25N5O5S/c1-34-20-4-7-22-18(16-35-23(22)15-20)14-25(31)30-12-10-29(11-13-30)19-2-5-21(6-3-19)36(32,33)28-24-8-9-26-17-27-24/h2-9,15-17H,10-14H2,1H3,(H,26,27,28). The molecule has 1 aliphatic heterocycles. The first kappa shape index (κ1) is 23.6. The van der Waals surface area contributed by atoms with E-state index in [0.717, 1.165) is 16.6 Å². The van der Waals surface area contributed by atoms with E-state index in [1.165, 1.54) is 18.6 Å². The van der Waals surface area contributed by atoms with Crippen LogP contribution in [0.5, 0.6) is 5.75 Å². The highest BCUT2D eigenvalue weighted by Gasteiger charge is 2.23. The number of nitrogens with one attached hydrogen (secondary N) is 1. The predicted molar refractivity (Wildman–Crippen MR) is 135 cm³/mol. The molecule has 1 amide bonds. The zero-order chi connectivity index (χ0) is 25.1. The Morgan fingerprint density at radius 2 is 1.86 bits per heavy atom. The Balaban J connectivity index is 1.18. The second-order valence-electron chi connectivity index (χ2n) is 8.36. The van der Waals surface area contributed by atoms with Crippen LogP contribution >= 0.6 is 0 Å². The van der Waals surface area contributed by atoms with Gasteiger partial charge in [0.25, 0.3) is 10.0 Å². The summed E-state index contributed by atoms with van der Waals surface area (Å²) in [5, 5.41) is 0.909. The molecule has 0 atom stereocenters. The number of rotatable bonds is 7. The zero-order valence-electron chi connectivity index (χ0n) is 19.6. The summed E-state index contributed by atoms with van der Waals surface area (Å²) in [6.07, 6.45) is 4.64. The number of sulfonamides is 1. The van der Waals surface area contributed by atoms with Crippen molar-refractivity contribution < 1.29 is 22.4 Å². The van der Waals surface area contributed by atoms with E-state index >= 15 is 0 Å². The van der Waals surface area contributed by atoms with Crippen molar-refractivity contribution in [3.63, 3.8) is 0 Å². The highest BCUT2D eigenvalue weighted by molar-refractivity contribution is 7.92. The average Bonchev–Trinajstić information content (AvgIpc) is 3.31. The monoisotopic (exact) mass is 507 g/mol. The Bertz CT molecular complexity index is 1460. The number of hydrogen-bond donors (Lipinski definition) is 1. The minimum absolute atomic E-state index is 0.0467. The zero-order valence-corrected chi connectivity index (χ0v) is 20.4. The number of anilines is 2. The Hall–Kier alpha value is -4.12. The summed E-state index contributed by atoms with van der Waals surface area (Å²) < 4.78 is 38.5. The highest BCUT2D eigenvalue weighted by atomic mass is 32.2. The fraction of sp³-hybridized carbons (Fsp3) is 0.240. The fourth-order valence-corrected chi connectivity index (χ4v) is 5.21. The molecule has 2 aromatic heterocycles. The number of carbonyl (C=O) groups is 1. The first-order valence-corrected chi connectivity index (χ1v) is 12.9. The molecule has 10 nitrogen and oxygen atoms in total. The van der Waals surface area contributed by atoms with Crippen molar-refractivity contribution in [2.45, 2.75) is 11.3 Å². The van der Waals surface area contributed by atoms with E-state index in [4.69, 9.17) is 9.15 Å². The van der Waals surface area contributed by atoms with Crippen LogP contribution < -0.4 is 14.4 Å². The molecule has 0 saturated carbocycles.